The van der Waals surface area contributed by atoms with E-state index in [-0.39, 0.29) is 31.1 Å². The average molecular weight is 861 g/mol. The molecule has 61 heavy (non-hydrogen) atoms. The Morgan fingerprint density at radius 1 is 0.311 bits per heavy atom. The predicted molar refractivity (Wildman–Crippen MR) is 261 cm³/mol. The minimum atomic E-state index is -0.761. The van der Waals surface area contributed by atoms with Crippen molar-refractivity contribution in [2.45, 2.75) is 309 Å². The van der Waals surface area contributed by atoms with Crippen molar-refractivity contribution < 1.29 is 28.6 Å². The van der Waals surface area contributed by atoms with Crippen molar-refractivity contribution in [1.29, 1.82) is 0 Å². The summed E-state index contributed by atoms with van der Waals surface area (Å²) in [7, 11) is 0. The monoisotopic (exact) mass is 861 g/mol. The molecular formula is C55H104O6. The SMILES string of the molecule is CCCCCCCCCC/C=C\CCCCCCCCCCCCCCCC(=O)OCC(COC(=O)CCCCCCCCC)OC(=O)CCCCCCCCCCCCC. The molecule has 0 heterocycles. The predicted octanol–water partition coefficient (Wildman–Crippen LogP) is 17.8. The van der Waals surface area contributed by atoms with Crippen LogP contribution in [0.15, 0.2) is 12.2 Å². The normalized spacial score (nSPS) is 12.0. The summed E-state index contributed by atoms with van der Waals surface area (Å²) in [4.78, 5) is 37.7. The number of carbonyl (C=O) groups excluding carboxylic acids is 3. The Bertz CT molecular complexity index is 947. The van der Waals surface area contributed by atoms with Gasteiger partial charge in [0.25, 0.3) is 0 Å². The molecular weight excluding hydrogens is 757 g/mol. The van der Waals surface area contributed by atoms with E-state index in [2.05, 4.69) is 32.9 Å². The van der Waals surface area contributed by atoms with Crippen molar-refractivity contribution in [3.63, 3.8) is 0 Å². The van der Waals surface area contributed by atoms with Crippen molar-refractivity contribution in [2.24, 2.45) is 0 Å². The van der Waals surface area contributed by atoms with Crippen molar-refractivity contribution in [3.05, 3.63) is 12.2 Å². The fourth-order valence-corrected chi connectivity index (χ4v) is 8.14. The van der Waals surface area contributed by atoms with Gasteiger partial charge in [0.2, 0.25) is 0 Å². The standard InChI is InChI=1S/C55H104O6/c1-4-7-10-13-16-18-20-21-22-23-24-25-26-27-28-29-30-31-32-33-35-36-39-42-45-48-54(57)60-51-52(50-59-53(56)47-44-41-38-15-12-9-6-3)61-55(58)49-46-43-40-37-34-19-17-14-11-8-5-2/h23-24,52H,4-22,25-51H2,1-3H3/b24-23-. The van der Waals surface area contributed by atoms with Gasteiger partial charge in [0.1, 0.15) is 13.2 Å². The highest BCUT2D eigenvalue weighted by atomic mass is 16.6. The average Bonchev–Trinajstić information content (AvgIpc) is 3.26. The molecule has 0 saturated heterocycles. The molecule has 0 aromatic rings. The molecule has 0 aromatic carbocycles. The topological polar surface area (TPSA) is 78.9 Å². The van der Waals surface area contributed by atoms with Gasteiger partial charge < -0.3 is 14.2 Å². The Kier molecular flexibility index (Phi) is 49.3. The van der Waals surface area contributed by atoms with Crippen LogP contribution in [0.1, 0.15) is 303 Å². The second kappa shape index (κ2) is 50.8. The highest BCUT2D eigenvalue weighted by molar-refractivity contribution is 5.71. The van der Waals surface area contributed by atoms with Crippen LogP contribution in [0.5, 0.6) is 0 Å². The first-order chi connectivity index (χ1) is 30.0. The number of unbranched alkanes of at least 4 members (excludes halogenated alkanes) is 37. The minimum Gasteiger partial charge on any atom is -0.462 e. The number of ether oxygens (including phenoxy) is 3. The number of rotatable bonds is 50. The van der Waals surface area contributed by atoms with E-state index in [1.807, 2.05) is 0 Å². The lowest BCUT2D eigenvalue weighted by Crippen LogP contribution is -2.30. The molecule has 0 spiro atoms. The third-order valence-corrected chi connectivity index (χ3v) is 12.3. The summed E-state index contributed by atoms with van der Waals surface area (Å²) in [6, 6.07) is 0. The highest BCUT2D eigenvalue weighted by Crippen LogP contribution is 2.16. The third kappa shape index (κ3) is 49.0. The maximum Gasteiger partial charge on any atom is 0.306 e. The van der Waals surface area contributed by atoms with E-state index in [4.69, 9.17) is 14.2 Å². The zero-order valence-electron chi connectivity index (χ0n) is 41.2. The molecule has 0 saturated carbocycles. The van der Waals surface area contributed by atoms with Gasteiger partial charge in [0.05, 0.1) is 0 Å². The maximum absolute atomic E-state index is 12.7. The summed E-state index contributed by atoms with van der Waals surface area (Å²) in [5.41, 5.74) is 0. The molecule has 1 unspecified atom stereocenters. The molecule has 0 N–H and O–H groups in total. The third-order valence-electron chi connectivity index (χ3n) is 12.3. The number of hydrogen-bond donors (Lipinski definition) is 0. The zero-order valence-corrected chi connectivity index (χ0v) is 41.2. The van der Waals surface area contributed by atoms with Crippen LogP contribution in [0.25, 0.3) is 0 Å². The molecule has 6 nitrogen and oxygen atoms in total. The van der Waals surface area contributed by atoms with Crippen molar-refractivity contribution in [1.82, 2.24) is 0 Å². The summed E-state index contributed by atoms with van der Waals surface area (Å²) >= 11 is 0. The van der Waals surface area contributed by atoms with Crippen LogP contribution in [0.2, 0.25) is 0 Å². The molecule has 0 rings (SSSR count). The Labute approximate surface area is 380 Å². The maximum atomic E-state index is 12.7. The summed E-state index contributed by atoms with van der Waals surface area (Å²) in [5.74, 6) is -0.857. The van der Waals surface area contributed by atoms with E-state index in [0.717, 1.165) is 57.8 Å². The van der Waals surface area contributed by atoms with Crippen molar-refractivity contribution in [3.8, 4) is 0 Å². The molecule has 0 amide bonds. The smallest absolute Gasteiger partial charge is 0.306 e. The van der Waals surface area contributed by atoms with Gasteiger partial charge in [-0.2, -0.15) is 0 Å². The lowest BCUT2D eigenvalue weighted by atomic mass is 10.0. The number of carbonyl (C=O) groups is 3. The van der Waals surface area contributed by atoms with Gasteiger partial charge in [-0.05, 0) is 44.9 Å². The van der Waals surface area contributed by atoms with Crippen LogP contribution >= 0.6 is 0 Å². The van der Waals surface area contributed by atoms with Crippen molar-refractivity contribution >= 4 is 17.9 Å². The summed E-state index contributed by atoms with van der Waals surface area (Å²) in [6.45, 7) is 6.62. The Morgan fingerprint density at radius 3 is 0.820 bits per heavy atom. The van der Waals surface area contributed by atoms with E-state index in [1.54, 1.807) is 0 Å². The fraction of sp³-hybridized carbons (Fsp3) is 0.909. The molecule has 0 aromatic heterocycles. The molecule has 6 heteroatoms. The zero-order chi connectivity index (χ0) is 44.4. The van der Waals surface area contributed by atoms with Crippen LogP contribution in [0.3, 0.4) is 0 Å². The van der Waals surface area contributed by atoms with Crippen molar-refractivity contribution in [2.75, 3.05) is 13.2 Å². The number of hydrogen-bond acceptors (Lipinski definition) is 6. The van der Waals surface area contributed by atoms with E-state index >= 15 is 0 Å². The summed E-state index contributed by atoms with van der Waals surface area (Å²) < 4.78 is 16.7. The summed E-state index contributed by atoms with van der Waals surface area (Å²) in [5, 5.41) is 0. The molecule has 0 bridgehead atoms. The van der Waals surface area contributed by atoms with E-state index in [1.165, 1.54) is 205 Å². The van der Waals surface area contributed by atoms with Gasteiger partial charge in [-0.25, -0.2) is 0 Å². The molecule has 1 atom stereocenters. The van der Waals surface area contributed by atoms with Crippen LogP contribution in [-0.2, 0) is 28.6 Å². The van der Waals surface area contributed by atoms with Crippen LogP contribution in [0.4, 0.5) is 0 Å². The molecule has 0 aliphatic rings. The quantitative estimate of drug-likeness (QED) is 0.0262. The molecule has 360 valence electrons. The van der Waals surface area contributed by atoms with Gasteiger partial charge in [-0.3, -0.25) is 14.4 Å². The van der Waals surface area contributed by atoms with Crippen LogP contribution in [-0.4, -0.2) is 37.2 Å². The second-order valence-corrected chi connectivity index (χ2v) is 18.5. The van der Waals surface area contributed by atoms with E-state index in [9.17, 15) is 14.4 Å². The van der Waals surface area contributed by atoms with E-state index < -0.39 is 6.10 Å². The largest absolute Gasteiger partial charge is 0.462 e. The Balaban J connectivity index is 4.04. The van der Waals surface area contributed by atoms with Gasteiger partial charge in [-0.1, -0.05) is 251 Å². The molecule has 0 fully saturated rings. The fourth-order valence-electron chi connectivity index (χ4n) is 8.14. The minimum absolute atomic E-state index is 0.0652. The summed E-state index contributed by atoms with van der Waals surface area (Å²) in [6.07, 6.45) is 56.6. The van der Waals surface area contributed by atoms with Gasteiger partial charge in [0, 0.05) is 19.3 Å². The first-order valence-electron chi connectivity index (χ1n) is 27.2. The highest BCUT2D eigenvalue weighted by Gasteiger charge is 2.19. The first-order valence-corrected chi connectivity index (χ1v) is 27.2. The first kappa shape index (κ1) is 59.1. The number of esters is 3. The molecule has 0 aliphatic heterocycles. The Morgan fingerprint density at radius 2 is 0.541 bits per heavy atom. The molecule has 0 aliphatic carbocycles. The van der Waals surface area contributed by atoms with Gasteiger partial charge >= 0.3 is 17.9 Å². The lowest BCUT2D eigenvalue weighted by molar-refractivity contribution is -0.167. The molecule has 0 radical (unpaired) electrons. The Hall–Kier alpha value is -1.85. The number of allylic oxidation sites excluding steroid dienone is 2. The van der Waals surface area contributed by atoms with Crippen LogP contribution < -0.4 is 0 Å². The lowest BCUT2D eigenvalue weighted by Gasteiger charge is -2.18. The van der Waals surface area contributed by atoms with Gasteiger partial charge in [0.15, 0.2) is 6.10 Å². The van der Waals surface area contributed by atoms with Gasteiger partial charge in [-0.15, -0.1) is 0 Å². The van der Waals surface area contributed by atoms with Crippen LogP contribution in [0, 0.1) is 0 Å². The van der Waals surface area contributed by atoms with E-state index in [0.29, 0.717) is 19.3 Å². The second-order valence-electron chi connectivity index (χ2n) is 18.5.